The lowest BCUT2D eigenvalue weighted by molar-refractivity contribution is 0.407. The van der Waals surface area contributed by atoms with Gasteiger partial charge in [-0.25, -0.2) is 9.97 Å². The normalized spacial score (nSPS) is 19.2. The van der Waals surface area contributed by atoms with Crippen LogP contribution in [0.1, 0.15) is 12.8 Å². The smallest absolute Gasteiger partial charge is 0.131 e. The monoisotopic (exact) mass is 272 g/mol. The Balaban J connectivity index is 1.48. The van der Waals surface area contributed by atoms with Crippen LogP contribution in [0.4, 0.5) is 5.82 Å². The summed E-state index contributed by atoms with van der Waals surface area (Å²) in [7, 11) is 0. The van der Waals surface area contributed by atoms with Gasteiger partial charge in [0, 0.05) is 44.3 Å². The van der Waals surface area contributed by atoms with Crippen LogP contribution in [0.5, 0.6) is 0 Å². The molecule has 6 nitrogen and oxygen atoms in total. The first-order valence-corrected chi connectivity index (χ1v) is 7.13. The highest BCUT2D eigenvalue weighted by Crippen LogP contribution is 2.16. The van der Waals surface area contributed by atoms with E-state index in [1.165, 1.54) is 12.8 Å². The minimum Gasteiger partial charge on any atom is -0.355 e. The van der Waals surface area contributed by atoms with Gasteiger partial charge in [0.05, 0.1) is 6.54 Å². The zero-order chi connectivity index (χ0) is 13.6. The van der Waals surface area contributed by atoms with Crippen LogP contribution < -0.4 is 10.2 Å². The van der Waals surface area contributed by atoms with E-state index in [1.807, 2.05) is 29.2 Å². The minimum absolute atomic E-state index is 0.522. The molecule has 3 heterocycles. The summed E-state index contributed by atoms with van der Waals surface area (Å²) in [6.45, 7) is 3.95. The van der Waals surface area contributed by atoms with E-state index in [0.29, 0.717) is 6.04 Å². The second-order valence-electron chi connectivity index (χ2n) is 5.08. The van der Waals surface area contributed by atoms with E-state index in [2.05, 4.69) is 25.3 Å². The van der Waals surface area contributed by atoms with Gasteiger partial charge >= 0.3 is 0 Å². The van der Waals surface area contributed by atoms with Crippen molar-refractivity contribution in [1.29, 1.82) is 0 Å². The number of hydrogen-bond donors (Lipinski definition) is 1. The van der Waals surface area contributed by atoms with Crippen LogP contribution in [-0.2, 0) is 6.54 Å². The SMILES string of the molecule is c1cnn(CCN[C@@H]2CCCN(c3ccncn3)C2)c1. The summed E-state index contributed by atoms with van der Waals surface area (Å²) in [6, 6.07) is 4.46. The van der Waals surface area contributed by atoms with Crippen molar-refractivity contribution in [2.45, 2.75) is 25.4 Å². The molecule has 1 fully saturated rings. The fourth-order valence-corrected chi connectivity index (χ4v) is 2.64. The van der Waals surface area contributed by atoms with Crippen molar-refractivity contribution in [2.75, 3.05) is 24.5 Å². The van der Waals surface area contributed by atoms with Crippen molar-refractivity contribution in [3.63, 3.8) is 0 Å². The highest BCUT2D eigenvalue weighted by Gasteiger charge is 2.20. The maximum atomic E-state index is 4.33. The molecule has 1 saturated heterocycles. The molecule has 6 heteroatoms. The summed E-state index contributed by atoms with van der Waals surface area (Å²) in [6.07, 6.45) is 9.65. The Labute approximate surface area is 118 Å². The molecule has 1 aliphatic rings. The Morgan fingerprint density at radius 3 is 3.15 bits per heavy atom. The van der Waals surface area contributed by atoms with Crippen molar-refractivity contribution < 1.29 is 0 Å². The van der Waals surface area contributed by atoms with E-state index in [4.69, 9.17) is 0 Å². The fourth-order valence-electron chi connectivity index (χ4n) is 2.64. The van der Waals surface area contributed by atoms with Crippen molar-refractivity contribution >= 4 is 5.82 Å². The van der Waals surface area contributed by atoms with Gasteiger partial charge in [-0.2, -0.15) is 5.10 Å². The highest BCUT2D eigenvalue weighted by atomic mass is 15.3. The number of hydrogen-bond acceptors (Lipinski definition) is 5. The molecule has 0 radical (unpaired) electrons. The van der Waals surface area contributed by atoms with Gasteiger partial charge in [0.2, 0.25) is 0 Å². The van der Waals surface area contributed by atoms with Gasteiger partial charge < -0.3 is 10.2 Å². The maximum absolute atomic E-state index is 4.33. The van der Waals surface area contributed by atoms with Gasteiger partial charge in [0.1, 0.15) is 12.1 Å². The Morgan fingerprint density at radius 2 is 2.35 bits per heavy atom. The van der Waals surface area contributed by atoms with E-state index in [0.717, 1.165) is 32.0 Å². The molecule has 0 aliphatic carbocycles. The molecule has 1 aliphatic heterocycles. The third-order valence-corrected chi connectivity index (χ3v) is 3.64. The molecule has 0 unspecified atom stereocenters. The number of nitrogens with zero attached hydrogens (tertiary/aromatic N) is 5. The highest BCUT2D eigenvalue weighted by molar-refractivity contribution is 5.37. The molecule has 1 N–H and O–H groups in total. The third-order valence-electron chi connectivity index (χ3n) is 3.64. The van der Waals surface area contributed by atoms with Crippen molar-refractivity contribution in [3.8, 4) is 0 Å². The largest absolute Gasteiger partial charge is 0.355 e. The van der Waals surface area contributed by atoms with Crippen LogP contribution in [0.3, 0.4) is 0 Å². The molecule has 1 atom stereocenters. The van der Waals surface area contributed by atoms with E-state index < -0.39 is 0 Å². The van der Waals surface area contributed by atoms with E-state index >= 15 is 0 Å². The molecule has 2 aromatic rings. The first-order valence-electron chi connectivity index (χ1n) is 7.13. The Morgan fingerprint density at radius 1 is 1.35 bits per heavy atom. The van der Waals surface area contributed by atoms with Crippen molar-refractivity contribution in [3.05, 3.63) is 37.1 Å². The number of aromatic nitrogens is 4. The van der Waals surface area contributed by atoms with Crippen LogP contribution in [0, 0.1) is 0 Å². The van der Waals surface area contributed by atoms with Crippen molar-refractivity contribution in [1.82, 2.24) is 25.1 Å². The van der Waals surface area contributed by atoms with E-state index in [9.17, 15) is 0 Å². The van der Waals surface area contributed by atoms with Gasteiger partial charge in [0.25, 0.3) is 0 Å². The summed E-state index contributed by atoms with van der Waals surface area (Å²) in [4.78, 5) is 10.6. The first-order chi connectivity index (χ1) is 9.92. The maximum Gasteiger partial charge on any atom is 0.131 e. The van der Waals surface area contributed by atoms with Gasteiger partial charge in [-0.05, 0) is 25.0 Å². The van der Waals surface area contributed by atoms with Crippen molar-refractivity contribution in [2.24, 2.45) is 0 Å². The predicted octanol–water partition coefficient (Wildman–Crippen LogP) is 0.932. The number of anilines is 1. The molecule has 2 aromatic heterocycles. The van der Waals surface area contributed by atoms with Crippen LogP contribution in [0.25, 0.3) is 0 Å². The Hall–Kier alpha value is -1.95. The summed E-state index contributed by atoms with van der Waals surface area (Å²) >= 11 is 0. The zero-order valence-electron chi connectivity index (χ0n) is 11.5. The summed E-state index contributed by atoms with van der Waals surface area (Å²) < 4.78 is 1.96. The van der Waals surface area contributed by atoms with Gasteiger partial charge in [0.15, 0.2) is 0 Å². The van der Waals surface area contributed by atoms with Crippen LogP contribution in [-0.4, -0.2) is 45.4 Å². The molecule has 0 spiro atoms. The average molecular weight is 272 g/mol. The van der Waals surface area contributed by atoms with Crippen LogP contribution >= 0.6 is 0 Å². The molecule has 20 heavy (non-hydrogen) atoms. The second-order valence-corrected chi connectivity index (χ2v) is 5.08. The lowest BCUT2D eigenvalue weighted by Crippen LogP contribution is -2.46. The third kappa shape index (κ3) is 3.33. The first kappa shape index (κ1) is 13.1. The number of rotatable bonds is 5. The average Bonchev–Trinajstić information content (AvgIpc) is 3.02. The fraction of sp³-hybridized carbons (Fsp3) is 0.500. The van der Waals surface area contributed by atoms with Gasteiger partial charge in [-0.1, -0.05) is 0 Å². The Kier molecular flexibility index (Phi) is 4.22. The minimum atomic E-state index is 0.522. The quantitative estimate of drug-likeness (QED) is 0.877. The van der Waals surface area contributed by atoms with E-state index in [1.54, 1.807) is 12.5 Å². The molecule has 0 amide bonds. The zero-order valence-corrected chi connectivity index (χ0v) is 11.5. The van der Waals surface area contributed by atoms with Crippen LogP contribution in [0.15, 0.2) is 37.1 Å². The second kappa shape index (κ2) is 6.47. The van der Waals surface area contributed by atoms with E-state index in [-0.39, 0.29) is 0 Å². The Bertz CT molecular complexity index is 498. The topological polar surface area (TPSA) is 58.9 Å². The van der Waals surface area contributed by atoms with Gasteiger partial charge in [-0.15, -0.1) is 0 Å². The van der Waals surface area contributed by atoms with Gasteiger partial charge in [-0.3, -0.25) is 4.68 Å². The predicted molar refractivity (Wildman–Crippen MR) is 77.5 cm³/mol. The number of piperidine rings is 1. The van der Waals surface area contributed by atoms with Crippen LogP contribution in [0.2, 0.25) is 0 Å². The molecule has 0 aromatic carbocycles. The lowest BCUT2D eigenvalue weighted by atomic mass is 10.1. The number of nitrogens with one attached hydrogen (secondary N) is 1. The molecule has 106 valence electrons. The standard InChI is InChI=1S/C14H20N6/c1-3-13(16-7-10-20-9-2-5-18-20)11-19(8-1)14-4-6-15-12-17-14/h2,4-6,9,12-13,16H,1,3,7-8,10-11H2/t13-/m1/s1. The molecule has 3 rings (SSSR count). The summed E-state index contributed by atoms with van der Waals surface area (Å²) in [5.74, 6) is 1.03. The summed E-state index contributed by atoms with van der Waals surface area (Å²) in [5.41, 5.74) is 0. The molecular formula is C14H20N6. The lowest BCUT2D eigenvalue weighted by Gasteiger charge is -2.34. The molecular weight excluding hydrogens is 252 g/mol. The summed E-state index contributed by atoms with van der Waals surface area (Å²) in [5, 5.41) is 7.82. The molecule has 0 saturated carbocycles. The molecule has 0 bridgehead atoms.